The SMILES string of the molecule is CSCCCCNC(=O)Nc1cccc(C(C)N)c1. The molecule has 19 heavy (non-hydrogen) atoms. The van der Waals surface area contributed by atoms with Crippen molar-refractivity contribution in [1.29, 1.82) is 0 Å². The summed E-state index contributed by atoms with van der Waals surface area (Å²) in [6, 6.07) is 7.42. The molecule has 0 aromatic heterocycles. The van der Waals surface area contributed by atoms with Crippen LogP contribution >= 0.6 is 11.8 Å². The summed E-state index contributed by atoms with van der Waals surface area (Å²) < 4.78 is 0. The minimum atomic E-state index is -0.161. The Hall–Kier alpha value is -1.20. The molecule has 0 spiro atoms. The molecule has 1 atom stereocenters. The minimum Gasteiger partial charge on any atom is -0.338 e. The fourth-order valence-electron chi connectivity index (χ4n) is 1.65. The molecule has 0 saturated heterocycles. The molecule has 0 heterocycles. The van der Waals surface area contributed by atoms with Crippen LogP contribution in [0.4, 0.5) is 10.5 Å². The summed E-state index contributed by atoms with van der Waals surface area (Å²) in [4.78, 5) is 11.7. The number of benzene rings is 1. The monoisotopic (exact) mass is 281 g/mol. The van der Waals surface area contributed by atoms with Crippen LogP contribution < -0.4 is 16.4 Å². The molecule has 0 fully saturated rings. The molecule has 1 unspecified atom stereocenters. The van der Waals surface area contributed by atoms with Crippen LogP contribution in [0.1, 0.15) is 31.4 Å². The van der Waals surface area contributed by atoms with Crippen LogP contribution in [0.25, 0.3) is 0 Å². The smallest absolute Gasteiger partial charge is 0.319 e. The van der Waals surface area contributed by atoms with Gasteiger partial charge in [-0.25, -0.2) is 4.79 Å². The number of anilines is 1. The highest BCUT2D eigenvalue weighted by Gasteiger charge is 2.03. The largest absolute Gasteiger partial charge is 0.338 e. The van der Waals surface area contributed by atoms with Crippen molar-refractivity contribution in [1.82, 2.24) is 5.32 Å². The molecular formula is C14H23N3OS. The molecule has 0 aliphatic heterocycles. The highest BCUT2D eigenvalue weighted by molar-refractivity contribution is 7.98. The first-order valence-electron chi connectivity index (χ1n) is 6.53. The lowest BCUT2D eigenvalue weighted by atomic mass is 10.1. The summed E-state index contributed by atoms with van der Waals surface area (Å²) in [7, 11) is 0. The highest BCUT2D eigenvalue weighted by atomic mass is 32.2. The molecular weight excluding hydrogens is 258 g/mol. The maximum absolute atomic E-state index is 11.7. The van der Waals surface area contributed by atoms with Gasteiger partial charge in [0.25, 0.3) is 0 Å². The summed E-state index contributed by atoms with van der Waals surface area (Å²) >= 11 is 1.83. The van der Waals surface area contributed by atoms with Gasteiger partial charge in [-0.05, 0) is 49.5 Å². The second-order valence-corrected chi connectivity index (χ2v) is 5.48. The Kier molecular flexibility index (Phi) is 7.36. The van der Waals surface area contributed by atoms with Gasteiger partial charge in [-0.3, -0.25) is 0 Å². The zero-order valence-electron chi connectivity index (χ0n) is 11.6. The van der Waals surface area contributed by atoms with Crippen LogP contribution in [0.3, 0.4) is 0 Å². The summed E-state index contributed by atoms with van der Waals surface area (Å²) in [5, 5.41) is 5.67. The van der Waals surface area contributed by atoms with Crippen LogP contribution in [-0.2, 0) is 0 Å². The molecule has 106 valence electrons. The maximum Gasteiger partial charge on any atom is 0.319 e. The lowest BCUT2D eigenvalue weighted by Gasteiger charge is -2.10. The first kappa shape index (κ1) is 15.9. The van der Waals surface area contributed by atoms with Gasteiger partial charge in [-0.1, -0.05) is 12.1 Å². The van der Waals surface area contributed by atoms with Crippen LogP contribution in [0, 0.1) is 0 Å². The molecule has 0 aliphatic rings. The van der Waals surface area contributed by atoms with Gasteiger partial charge in [0, 0.05) is 18.3 Å². The van der Waals surface area contributed by atoms with Crippen LogP contribution in [-0.4, -0.2) is 24.6 Å². The van der Waals surface area contributed by atoms with Crippen molar-refractivity contribution in [3.63, 3.8) is 0 Å². The number of unbranched alkanes of at least 4 members (excludes halogenated alkanes) is 1. The number of hydrogen-bond donors (Lipinski definition) is 3. The van der Waals surface area contributed by atoms with Crippen molar-refractivity contribution in [3.8, 4) is 0 Å². The number of amides is 2. The molecule has 4 nitrogen and oxygen atoms in total. The molecule has 0 bridgehead atoms. The van der Waals surface area contributed by atoms with Gasteiger partial charge in [0.1, 0.15) is 0 Å². The normalized spacial score (nSPS) is 11.9. The predicted octanol–water partition coefficient (Wildman–Crippen LogP) is 2.97. The zero-order valence-corrected chi connectivity index (χ0v) is 12.4. The fraction of sp³-hybridized carbons (Fsp3) is 0.500. The number of nitrogens with two attached hydrogens (primary N) is 1. The van der Waals surface area contributed by atoms with Crippen molar-refractivity contribution in [2.24, 2.45) is 5.73 Å². The Morgan fingerprint density at radius 2 is 2.21 bits per heavy atom. The first-order chi connectivity index (χ1) is 9.13. The summed E-state index contributed by atoms with van der Waals surface area (Å²) in [6.07, 6.45) is 4.22. The van der Waals surface area contributed by atoms with Crippen molar-refractivity contribution in [3.05, 3.63) is 29.8 Å². The van der Waals surface area contributed by atoms with Gasteiger partial charge in [0.15, 0.2) is 0 Å². The van der Waals surface area contributed by atoms with E-state index in [4.69, 9.17) is 5.73 Å². The minimum absolute atomic E-state index is 0.0312. The molecule has 1 aromatic carbocycles. The summed E-state index contributed by atoms with van der Waals surface area (Å²) in [5.74, 6) is 1.14. The summed E-state index contributed by atoms with van der Waals surface area (Å²) in [5.41, 5.74) is 7.60. The van der Waals surface area contributed by atoms with Crippen LogP contribution in [0.15, 0.2) is 24.3 Å². The van der Waals surface area contributed by atoms with Crippen molar-refractivity contribution < 1.29 is 4.79 Å². The van der Waals surface area contributed by atoms with Crippen molar-refractivity contribution in [2.75, 3.05) is 23.9 Å². The average Bonchev–Trinajstić information content (AvgIpc) is 2.38. The second-order valence-electron chi connectivity index (χ2n) is 4.49. The standard InChI is InChI=1S/C14H23N3OS/c1-11(15)12-6-5-7-13(10-12)17-14(18)16-8-3-4-9-19-2/h5-7,10-11H,3-4,8-9,15H2,1-2H3,(H2,16,17,18). The molecule has 2 amide bonds. The van der Waals surface area contributed by atoms with Crippen molar-refractivity contribution in [2.45, 2.75) is 25.8 Å². The van der Waals surface area contributed by atoms with Gasteiger partial charge >= 0.3 is 6.03 Å². The lowest BCUT2D eigenvalue weighted by molar-refractivity contribution is 0.252. The Morgan fingerprint density at radius 1 is 1.42 bits per heavy atom. The molecule has 0 aliphatic carbocycles. The van der Waals surface area contributed by atoms with E-state index in [1.54, 1.807) is 0 Å². The quantitative estimate of drug-likeness (QED) is 0.673. The van der Waals surface area contributed by atoms with Gasteiger partial charge in [-0.2, -0.15) is 11.8 Å². The van der Waals surface area contributed by atoms with E-state index in [-0.39, 0.29) is 12.1 Å². The number of carbonyl (C=O) groups excluding carboxylic acids is 1. The summed E-state index contributed by atoms with van der Waals surface area (Å²) in [6.45, 7) is 2.63. The van der Waals surface area contributed by atoms with Crippen LogP contribution in [0.5, 0.6) is 0 Å². The number of thioether (sulfide) groups is 1. The van der Waals surface area contributed by atoms with Gasteiger partial charge in [0.2, 0.25) is 0 Å². The van der Waals surface area contributed by atoms with Crippen molar-refractivity contribution >= 4 is 23.5 Å². The molecule has 1 rings (SSSR count). The van der Waals surface area contributed by atoms with Gasteiger partial charge in [0.05, 0.1) is 0 Å². The Balaban J connectivity index is 2.33. The molecule has 0 saturated carbocycles. The third-order valence-electron chi connectivity index (χ3n) is 2.73. The molecule has 0 radical (unpaired) electrons. The van der Waals surface area contributed by atoms with Crippen LogP contribution in [0.2, 0.25) is 0 Å². The van der Waals surface area contributed by atoms with E-state index in [1.165, 1.54) is 0 Å². The number of nitrogens with one attached hydrogen (secondary N) is 2. The van der Waals surface area contributed by atoms with E-state index >= 15 is 0 Å². The molecule has 4 N–H and O–H groups in total. The number of carbonyl (C=O) groups is 1. The predicted molar refractivity (Wildman–Crippen MR) is 83.7 cm³/mol. The number of urea groups is 1. The Morgan fingerprint density at radius 3 is 2.89 bits per heavy atom. The first-order valence-corrected chi connectivity index (χ1v) is 7.92. The van der Waals surface area contributed by atoms with Gasteiger partial charge < -0.3 is 16.4 Å². The maximum atomic E-state index is 11.7. The van der Waals surface area contributed by atoms with E-state index in [1.807, 2.05) is 43.0 Å². The molecule has 5 heteroatoms. The van der Waals surface area contributed by atoms with E-state index in [0.717, 1.165) is 29.8 Å². The Bertz CT molecular complexity index is 396. The third kappa shape index (κ3) is 6.50. The van der Waals surface area contributed by atoms with E-state index in [9.17, 15) is 4.79 Å². The fourth-order valence-corrected chi connectivity index (χ4v) is 2.14. The van der Waals surface area contributed by atoms with E-state index in [0.29, 0.717) is 6.54 Å². The van der Waals surface area contributed by atoms with Gasteiger partial charge in [-0.15, -0.1) is 0 Å². The number of hydrogen-bond acceptors (Lipinski definition) is 3. The third-order valence-corrected chi connectivity index (χ3v) is 3.43. The Labute approximate surface area is 119 Å². The lowest BCUT2D eigenvalue weighted by Crippen LogP contribution is -2.29. The van der Waals surface area contributed by atoms with E-state index < -0.39 is 0 Å². The highest BCUT2D eigenvalue weighted by Crippen LogP contribution is 2.15. The van der Waals surface area contributed by atoms with E-state index in [2.05, 4.69) is 16.9 Å². The molecule has 1 aromatic rings. The second kappa shape index (κ2) is 8.82. The topological polar surface area (TPSA) is 67.2 Å². The number of rotatable bonds is 7. The zero-order chi connectivity index (χ0) is 14.1. The average molecular weight is 281 g/mol.